The maximum absolute atomic E-state index is 12.6. The van der Waals surface area contributed by atoms with E-state index >= 15 is 0 Å². The van der Waals surface area contributed by atoms with Crippen LogP contribution in [0, 0.1) is 11.3 Å². The number of sulfonamides is 1. The van der Waals surface area contributed by atoms with Crippen molar-refractivity contribution in [2.45, 2.75) is 37.5 Å². The van der Waals surface area contributed by atoms with Gasteiger partial charge in [0.25, 0.3) is 5.91 Å². The van der Waals surface area contributed by atoms with Crippen LogP contribution in [0.1, 0.15) is 28.9 Å². The van der Waals surface area contributed by atoms with Crippen molar-refractivity contribution in [1.82, 2.24) is 10.3 Å². The van der Waals surface area contributed by atoms with Gasteiger partial charge in [-0.25, -0.2) is 12.7 Å². The minimum absolute atomic E-state index is 0.0477. The molecule has 162 valence electrons. The molecule has 0 bridgehead atoms. The summed E-state index contributed by atoms with van der Waals surface area (Å²) in [5.74, 6) is -0.709. The maximum atomic E-state index is 12.6. The lowest BCUT2D eigenvalue weighted by Crippen LogP contribution is -2.49. The first-order chi connectivity index (χ1) is 14.1. The van der Waals surface area contributed by atoms with Gasteiger partial charge in [-0.3, -0.25) is 4.79 Å². The predicted molar refractivity (Wildman–Crippen MR) is 108 cm³/mol. The fraction of sp³-hybridized carbons (Fsp3) is 0.421. The number of carbonyl (C=O) groups excluding carboxylic acids is 1. The van der Waals surface area contributed by atoms with Crippen LogP contribution >= 0.6 is 0 Å². The van der Waals surface area contributed by atoms with Crippen LogP contribution in [-0.2, 0) is 16.4 Å². The molecule has 3 N–H and O–H groups in total. The number of aliphatic hydroxyl groups is 2. The normalized spacial score (nSPS) is 14.4. The molecular formula is C19H24N4O6S. The highest BCUT2D eigenvalue weighted by molar-refractivity contribution is 7.92. The number of aromatic nitrogens is 1. The van der Waals surface area contributed by atoms with Gasteiger partial charge in [0, 0.05) is 13.5 Å². The molecule has 0 aliphatic heterocycles. The molecule has 1 aromatic heterocycles. The molecule has 0 aliphatic rings. The van der Waals surface area contributed by atoms with Gasteiger partial charge in [-0.05, 0) is 18.4 Å². The van der Waals surface area contributed by atoms with E-state index in [-0.39, 0.29) is 31.0 Å². The van der Waals surface area contributed by atoms with Crippen LogP contribution in [-0.4, -0.2) is 61.1 Å². The summed E-state index contributed by atoms with van der Waals surface area (Å²) in [5.41, 5.74) is 0.629. The minimum atomic E-state index is -3.62. The molecule has 10 nitrogen and oxygen atoms in total. The van der Waals surface area contributed by atoms with Crippen molar-refractivity contribution in [3.05, 3.63) is 47.9 Å². The van der Waals surface area contributed by atoms with Crippen molar-refractivity contribution in [3.63, 3.8) is 0 Å². The molecule has 1 heterocycles. The van der Waals surface area contributed by atoms with Gasteiger partial charge >= 0.3 is 6.01 Å². The summed E-state index contributed by atoms with van der Waals surface area (Å²) in [6.45, 7) is 0. The Kier molecular flexibility index (Phi) is 7.93. The first kappa shape index (κ1) is 23.3. The first-order valence-corrected chi connectivity index (χ1v) is 11.0. The van der Waals surface area contributed by atoms with Crippen molar-refractivity contribution in [1.29, 1.82) is 5.26 Å². The fourth-order valence-electron chi connectivity index (χ4n) is 2.67. The van der Waals surface area contributed by atoms with Crippen molar-refractivity contribution >= 4 is 21.9 Å². The molecule has 3 unspecified atom stereocenters. The Balaban J connectivity index is 2.19. The SMILES string of the molecule is CN(c1nc(C(=O)NC(Cc2ccccc2)C(O)C(O)CCC#N)co1)S(C)(=O)=O. The van der Waals surface area contributed by atoms with Gasteiger partial charge in [0.05, 0.1) is 24.5 Å². The highest BCUT2D eigenvalue weighted by Crippen LogP contribution is 2.16. The number of anilines is 1. The van der Waals surface area contributed by atoms with Crippen LogP contribution < -0.4 is 9.62 Å². The number of nitrogens with zero attached hydrogens (tertiary/aromatic N) is 3. The van der Waals surface area contributed by atoms with E-state index in [1.807, 2.05) is 24.3 Å². The summed E-state index contributed by atoms with van der Waals surface area (Å²) in [5, 5.41) is 32.0. The molecule has 0 saturated heterocycles. The van der Waals surface area contributed by atoms with Crippen LogP contribution in [0.2, 0.25) is 0 Å². The lowest BCUT2D eigenvalue weighted by molar-refractivity contribution is -0.00646. The smallest absolute Gasteiger partial charge is 0.311 e. The van der Waals surface area contributed by atoms with E-state index in [0.717, 1.165) is 22.4 Å². The summed E-state index contributed by atoms with van der Waals surface area (Å²) >= 11 is 0. The van der Waals surface area contributed by atoms with Gasteiger partial charge in [-0.1, -0.05) is 30.3 Å². The van der Waals surface area contributed by atoms with Crippen molar-refractivity contribution < 1.29 is 27.8 Å². The lowest BCUT2D eigenvalue weighted by atomic mass is 9.95. The summed E-state index contributed by atoms with van der Waals surface area (Å²) < 4.78 is 29.0. The third kappa shape index (κ3) is 6.28. The zero-order valence-electron chi connectivity index (χ0n) is 16.6. The van der Waals surface area contributed by atoms with Crippen LogP contribution in [0.4, 0.5) is 6.01 Å². The Morgan fingerprint density at radius 2 is 2.00 bits per heavy atom. The van der Waals surface area contributed by atoms with Crippen LogP contribution in [0.15, 0.2) is 41.0 Å². The molecule has 1 amide bonds. The van der Waals surface area contributed by atoms with E-state index in [1.54, 1.807) is 12.1 Å². The number of amides is 1. The van der Waals surface area contributed by atoms with Crippen LogP contribution in [0.3, 0.4) is 0 Å². The number of hydrogen-bond donors (Lipinski definition) is 3. The molecule has 0 fully saturated rings. The molecular weight excluding hydrogens is 412 g/mol. The van der Waals surface area contributed by atoms with Crippen molar-refractivity contribution in [2.75, 3.05) is 17.6 Å². The largest absolute Gasteiger partial charge is 0.430 e. The third-order valence-electron chi connectivity index (χ3n) is 4.46. The number of nitriles is 1. The Morgan fingerprint density at radius 1 is 1.33 bits per heavy atom. The van der Waals surface area contributed by atoms with Gasteiger partial charge in [0.1, 0.15) is 12.4 Å². The molecule has 0 radical (unpaired) electrons. The molecule has 0 saturated carbocycles. The highest BCUT2D eigenvalue weighted by Gasteiger charge is 2.29. The number of nitrogens with one attached hydrogen (secondary N) is 1. The highest BCUT2D eigenvalue weighted by atomic mass is 32.2. The van der Waals surface area contributed by atoms with Gasteiger partial charge in [-0.2, -0.15) is 10.2 Å². The average Bonchev–Trinajstić information content (AvgIpc) is 3.20. The molecule has 0 spiro atoms. The van der Waals surface area contributed by atoms with E-state index < -0.39 is 34.2 Å². The zero-order valence-corrected chi connectivity index (χ0v) is 17.4. The molecule has 1 aromatic carbocycles. The first-order valence-electron chi connectivity index (χ1n) is 9.10. The topological polar surface area (TPSA) is 157 Å². The second kappa shape index (κ2) is 10.2. The number of benzene rings is 1. The van der Waals surface area contributed by atoms with Gasteiger partial charge in [-0.15, -0.1) is 0 Å². The molecule has 3 atom stereocenters. The van der Waals surface area contributed by atoms with Crippen molar-refractivity contribution in [2.24, 2.45) is 0 Å². The second-order valence-corrected chi connectivity index (χ2v) is 8.78. The average molecular weight is 436 g/mol. The quantitative estimate of drug-likeness (QED) is 0.484. The minimum Gasteiger partial charge on any atom is -0.430 e. The number of aliphatic hydroxyl groups excluding tert-OH is 2. The number of hydrogen-bond acceptors (Lipinski definition) is 8. The molecule has 30 heavy (non-hydrogen) atoms. The molecule has 11 heteroatoms. The Labute approximate surface area is 174 Å². The Bertz CT molecular complexity index is 986. The summed E-state index contributed by atoms with van der Waals surface area (Å²) in [6.07, 6.45) is -0.280. The molecule has 2 aromatic rings. The van der Waals surface area contributed by atoms with Gasteiger partial charge in [0.2, 0.25) is 10.0 Å². The Hall–Kier alpha value is -2.94. The number of oxazole rings is 1. The van der Waals surface area contributed by atoms with E-state index in [2.05, 4.69) is 10.3 Å². The number of rotatable bonds is 10. The Morgan fingerprint density at radius 3 is 2.60 bits per heavy atom. The van der Waals surface area contributed by atoms with Crippen LogP contribution in [0.25, 0.3) is 0 Å². The third-order valence-corrected chi connectivity index (χ3v) is 5.62. The van der Waals surface area contributed by atoms with Crippen LogP contribution in [0.5, 0.6) is 0 Å². The standard InChI is InChI=1S/C19H24N4O6S/c1-23(30(2,27)28)19-22-15(12-29-19)18(26)21-14(11-13-7-4-3-5-8-13)17(25)16(24)9-6-10-20/h3-5,7-8,12,14,16-17,24-25H,6,9,11H2,1-2H3,(H,21,26). The molecule has 0 aliphatic carbocycles. The lowest BCUT2D eigenvalue weighted by Gasteiger charge is -2.27. The fourth-order valence-corrected chi connectivity index (χ4v) is 3.04. The van der Waals surface area contributed by atoms with E-state index in [0.29, 0.717) is 0 Å². The summed E-state index contributed by atoms with van der Waals surface area (Å²) in [4.78, 5) is 16.5. The van der Waals surface area contributed by atoms with Gasteiger partial charge < -0.3 is 19.9 Å². The maximum Gasteiger partial charge on any atom is 0.311 e. The van der Waals surface area contributed by atoms with E-state index in [1.165, 1.54) is 7.05 Å². The number of carbonyl (C=O) groups is 1. The van der Waals surface area contributed by atoms with Crippen molar-refractivity contribution in [3.8, 4) is 6.07 Å². The monoisotopic (exact) mass is 436 g/mol. The summed E-state index contributed by atoms with van der Waals surface area (Å²) in [6, 6.07) is 9.78. The summed E-state index contributed by atoms with van der Waals surface area (Å²) in [7, 11) is -2.39. The second-order valence-electron chi connectivity index (χ2n) is 6.77. The van der Waals surface area contributed by atoms with E-state index in [9.17, 15) is 23.4 Å². The van der Waals surface area contributed by atoms with Gasteiger partial charge in [0.15, 0.2) is 5.69 Å². The molecule has 2 rings (SSSR count). The predicted octanol–water partition coefficient (Wildman–Crippen LogP) is 0.437. The van der Waals surface area contributed by atoms with E-state index in [4.69, 9.17) is 9.68 Å². The zero-order chi connectivity index (χ0) is 22.3.